The van der Waals surface area contributed by atoms with Gasteiger partial charge in [0.25, 0.3) is 0 Å². The van der Waals surface area contributed by atoms with Crippen LogP contribution in [-0.2, 0) is 4.79 Å². The maximum absolute atomic E-state index is 11.2. The van der Waals surface area contributed by atoms with Crippen molar-refractivity contribution < 1.29 is 9.90 Å². The summed E-state index contributed by atoms with van der Waals surface area (Å²) in [6, 6.07) is -0.312. The number of carboxylic acids is 1. The molecular weight excluding hydrogens is 246 g/mol. The number of likely N-dealkylation sites (N-methyl/N-ethyl adjacent to an activating group) is 1. The highest BCUT2D eigenvalue weighted by molar-refractivity contribution is 7.98. The van der Waals surface area contributed by atoms with Gasteiger partial charge in [0.15, 0.2) is 0 Å². The van der Waals surface area contributed by atoms with E-state index in [1.807, 2.05) is 18.2 Å². The number of rotatable bonds is 12. The second-order valence-electron chi connectivity index (χ2n) is 4.88. The van der Waals surface area contributed by atoms with Gasteiger partial charge < -0.3 is 5.11 Å². The molecule has 0 aliphatic carbocycles. The first-order valence-electron chi connectivity index (χ1n) is 7.05. The number of thioether (sulfide) groups is 1. The van der Waals surface area contributed by atoms with E-state index < -0.39 is 5.97 Å². The van der Waals surface area contributed by atoms with Crippen LogP contribution in [0.3, 0.4) is 0 Å². The predicted octanol–water partition coefficient (Wildman–Crippen LogP) is 3.49. The molecule has 1 atom stereocenters. The molecule has 0 unspecified atom stereocenters. The Bertz CT molecular complexity index is 212. The summed E-state index contributed by atoms with van der Waals surface area (Å²) in [5, 5.41) is 9.19. The van der Waals surface area contributed by atoms with Gasteiger partial charge >= 0.3 is 5.97 Å². The molecule has 4 heteroatoms. The van der Waals surface area contributed by atoms with E-state index in [4.69, 9.17) is 0 Å². The van der Waals surface area contributed by atoms with Crippen molar-refractivity contribution in [3.63, 3.8) is 0 Å². The van der Waals surface area contributed by atoms with Crippen LogP contribution in [0.2, 0.25) is 0 Å². The smallest absolute Gasteiger partial charge is 0.320 e. The van der Waals surface area contributed by atoms with Crippen molar-refractivity contribution in [1.82, 2.24) is 4.90 Å². The van der Waals surface area contributed by atoms with E-state index in [0.717, 1.165) is 25.1 Å². The van der Waals surface area contributed by atoms with Gasteiger partial charge in [-0.25, -0.2) is 0 Å². The predicted molar refractivity (Wildman–Crippen MR) is 80.4 cm³/mol. The number of hydrogen-bond donors (Lipinski definition) is 1. The van der Waals surface area contributed by atoms with Gasteiger partial charge in [0.05, 0.1) is 0 Å². The molecule has 0 rings (SSSR count). The lowest BCUT2D eigenvalue weighted by Gasteiger charge is -2.24. The number of carboxylic acid groups (broad SMARTS) is 1. The first-order chi connectivity index (χ1) is 8.63. The van der Waals surface area contributed by atoms with Crippen LogP contribution < -0.4 is 0 Å². The third-order valence-electron chi connectivity index (χ3n) is 3.28. The molecule has 3 nitrogen and oxygen atoms in total. The number of hydrogen-bond acceptors (Lipinski definition) is 3. The molecule has 0 fully saturated rings. The minimum absolute atomic E-state index is 0.312. The Morgan fingerprint density at radius 1 is 1.22 bits per heavy atom. The Hall–Kier alpha value is -0.220. The summed E-state index contributed by atoms with van der Waals surface area (Å²) in [7, 11) is 1.94. The Morgan fingerprint density at radius 2 is 1.83 bits per heavy atom. The summed E-state index contributed by atoms with van der Waals surface area (Å²) in [5.74, 6) is 0.232. The molecule has 0 saturated carbocycles. The van der Waals surface area contributed by atoms with Crippen LogP contribution in [0.1, 0.15) is 51.9 Å². The molecule has 0 aliphatic heterocycles. The topological polar surface area (TPSA) is 40.5 Å². The summed E-state index contributed by atoms with van der Waals surface area (Å²) in [5.41, 5.74) is 0. The first kappa shape index (κ1) is 17.8. The van der Waals surface area contributed by atoms with E-state index >= 15 is 0 Å². The van der Waals surface area contributed by atoms with Crippen molar-refractivity contribution >= 4 is 17.7 Å². The van der Waals surface area contributed by atoms with Crippen molar-refractivity contribution in [3.8, 4) is 0 Å². The lowest BCUT2D eigenvalue weighted by molar-refractivity contribution is -0.142. The van der Waals surface area contributed by atoms with E-state index in [-0.39, 0.29) is 6.04 Å². The SMILES string of the molecule is CCCCCCCCN(C)[C@@H](CCSC)C(=O)O. The number of aliphatic carboxylic acids is 1. The molecule has 0 saturated heterocycles. The molecule has 0 radical (unpaired) electrons. The van der Waals surface area contributed by atoms with Crippen LogP contribution in [0.15, 0.2) is 0 Å². The van der Waals surface area contributed by atoms with Gasteiger partial charge in [0, 0.05) is 0 Å². The highest BCUT2D eigenvalue weighted by Gasteiger charge is 2.21. The fraction of sp³-hybridized carbons (Fsp3) is 0.929. The maximum atomic E-state index is 11.2. The van der Waals surface area contributed by atoms with Gasteiger partial charge in [-0.1, -0.05) is 39.0 Å². The Morgan fingerprint density at radius 3 is 2.39 bits per heavy atom. The van der Waals surface area contributed by atoms with Crippen molar-refractivity contribution in [1.29, 1.82) is 0 Å². The number of unbranched alkanes of at least 4 members (excludes halogenated alkanes) is 5. The lowest BCUT2D eigenvalue weighted by Crippen LogP contribution is -2.39. The molecule has 0 aromatic carbocycles. The second-order valence-corrected chi connectivity index (χ2v) is 5.87. The third-order valence-corrected chi connectivity index (χ3v) is 3.92. The average molecular weight is 275 g/mol. The largest absolute Gasteiger partial charge is 0.480 e. The molecule has 0 aromatic rings. The molecule has 0 amide bonds. The van der Waals surface area contributed by atoms with Crippen LogP contribution >= 0.6 is 11.8 Å². The zero-order chi connectivity index (χ0) is 13.8. The summed E-state index contributed by atoms with van der Waals surface area (Å²) < 4.78 is 0. The van der Waals surface area contributed by atoms with Crippen LogP contribution in [0, 0.1) is 0 Å². The summed E-state index contributed by atoms with van der Waals surface area (Å²) in [4.78, 5) is 13.2. The molecule has 0 bridgehead atoms. The molecule has 0 aromatic heterocycles. The molecular formula is C14H29NO2S. The van der Waals surface area contributed by atoms with Crippen LogP contribution in [0.5, 0.6) is 0 Å². The highest BCUT2D eigenvalue weighted by Crippen LogP contribution is 2.10. The van der Waals surface area contributed by atoms with Gasteiger partial charge in [-0.05, 0) is 38.4 Å². The van der Waals surface area contributed by atoms with Crippen LogP contribution in [0.25, 0.3) is 0 Å². The van der Waals surface area contributed by atoms with Gasteiger partial charge in [0.2, 0.25) is 0 Å². The van der Waals surface area contributed by atoms with Gasteiger partial charge in [-0.2, -0.15) is 11.8 Å². The van der Waals surface area contributed by atoms with E-state index in [1.54, 1.807) is 11.8 Å². The Kier molecular flexibility index (Phi) is 11.7. The van der Waals surface area contributed by atoms with E-state index in [9.17, 15) is 9.90 Å². The normalized spacial score (nSPS) is 12.9. The summed E-state index contributed by atoms with van der Waals surface area (Å²) >= 11 is 1.71. The van der Waals surface area contributed by atoms with Gasteiger partial charge in [0.1, 0.15) is 6.04 Å². The fourth-order valence-electron chi connectivity index (χ4n) is 2.06. The third kappa shape index (κ3) is 8.81. The average Bonchev–Trinajstić information content (AvgIpc) is 2.33. The molecule has 0 heterocycles. The maximum Gasteiger partial charge on any atom is 0.320 e. The molecule has 1 N–H and O–H groups in total. The molecule has 108 valence electrons. The minimum Gasteiger partial charge on any atom is -0.480 e. The van der Waals surface area contributed by atoms with Crippen LogP contribution in [0.4, 0.5) is 0 Å². The summed E-state index contributed by atoms with van der Waals surface area (Å²) in [6.45, 7) is 3.12. The van der Waals surface area contributed by atoms with Crippen LogP contribution in [-0.4, -0.2) is 47.6 Å². The quantitative estimate of drug-likeness (QED) is 0.554. The van der Waals surface area contributed by atoms with Crippen molar-refractivity contribution in [2.24, 2.45) is 0 Å². The molecule has 0 spiro atoms. The molecule has 0 aliphatic rings. The monoisotopic (exact) mass is 275 g/mol. The number of carbonyl (C=O) groups is 1. The number of nitrogens with zero attached hydrogens (tertiary/aromatic N) is 1. The zero-order valence-corrected chi connectivity index (χ0v) is 13.0. The van der Waals surface area contributed by atoms with Crippen molar-refractivity contribution in [2.75, 3.05) is 25.6 Å². The van der Waals surface area contributed by atoms with Gasteiger partial charge in [-0.15, -0.1) is 0 Å². The molecule has 18 heavy (non-hydrogen) atoms. The fourth-order valence-corrected chi connectivity index (χ4v) is 2.52. The zero-order valence-electron chi connectivity index (χ0n) is 12.2. The van der Waals surface area contributed by atoms with E-state index in [1.165, 1.54) is 32.1 Å². The standard InChI is InChI=1S/C14H29NO2S/c1-4-5-6-7-8-9-11-15(2)13(14(16)17)10-12-18-3/h13H,4-12H2,1-3H3,(H,16,17)/t13-/m0/s1. The van der Waals surface area contributed by atoms with Gasteiger partial charge in [-0.3, -0.25) is 9.69 Å². The lowest BCUT2D eigenvalue weighted by atomic mass is 10.1. The Labute approximate surface area is 116 Å². The second kappa shape index (κ2) is 11.8. The first-order valence-corrected chi connectivity index (χ1v) is 8.44. The highest BCUT2D eigenvalue weighted by atomic mass is 32.2. The van der Waals surface area contributed by atoms with Crippen molar-refractivity contribution in [3.05, 3.63) is 0 Å². The van der Waals surface area contributed by atoms with E-state index in [0.29, 0.717) is 0 Å². The summed E-state index contributed by atoms with van der Waals surface area (Å²) in [6.07, 6.45) is 10.3. The Balaban J connectivity index is 3.74. The van der Waals surface area contributed by atoms with Crippen molar-refractivity contribution in [2.45, 2.75) is 57.9 Å². The minimum atomic E-state index is -0.683. The van der Waals surface area contributed by atoms with E-state index in [2.05, 4.69) is 6.92 Å².